The largest absolute Gasteiger partial charge is 0.364 e. The number of aryl methyl sites for hydroxylation is 1. The second-order valence-electron chi connectivity index (χ2n) is 4.62. The second kappa shape index (κ2) is 5.25. The van der Waals surface area contributed by atoms with Crippen molar-refractivity contribution in [2.75, 3.05) is 5.32 Å². The average molecular weight is 267 g/mol. The first kappa shape index (κ1) is 12.5. The van der Waals surface area contributed by atoms with Crippen LogP contribution >= 0.6 is 0 Å². The van der Waals surface area contributed by atoms with Gasteiger partial charge in [0.25, 0.3) is 0 Å². The number of nitrogens with one attached hydrogen (secondary N) is 1. The molecule has 0 amide bonds. The van der Waals surface area contributed by atoms with Gasteiger partial charge in [-0.25, -0.2) is 4.39 Å². The van der Waals surface area contributed by atoms with E-state index in [0.717, 1.165) is 16.5 Å². The Bertz CT molecular complexity index is 756. The first-order valence-corrected chi connectivity index (χ1v) is 6.45. The van der Waals surface area contributed by atoms with E-state index in [1.165, 1.54) is 6.07 Å². The summed E-state index contributed by atoms with van der Waals surface area (Å²) in [6.07, 6.45) is 0. The molecule has 0 fully saturated rings. The predicted molar refractivity (Wildman–Crippen MR) is 78.0 cm³/mol. The first-order valence-electron chi connectivity index (χ1n) is 6.45. The van der Waals surface area contributed by atoms with Crippen LogP contribution < -0.4 is 5.32 Å². The van der Waals surface area contributed by atoms with Crippen LogP contribution in [-0.2, 0) is 6.54 Å². The van der Waals surface area contributed by atoms with Crippen LogP contribution in [0.15, 0.2) is 48.5 Å². The third-order valence-corrected chi connectivity index (χ3v) is 3.28. The van der Waals surface area contributed by atoms with E-state index in [0.29, 0.717) is 17.9 Å². The van der Waals surface area contributed by atoms with Crippen molar-refractivity contribution < 1.29 is 4.39 Å². The molecule has 3 rings (SSSR count). The number of rotatable bonds is 3. The molecule has 4 heteroatoms. The monoisotopic (exact) mass is 267 g/mol. The Morgan fingerprint density at radius 2 is 1.65 bits per heavy atom. The van der Waals surface area contributed by atoms with Gasteiger partial charge in [0.15, 0.2) is 5.82 Å². The van der Waals surface area contributed by atoms with Crippen LogP contribution in [0.2, 0.25) is 0 Å². The Balaban J connectivity index is 1.92. The lowest BCUT2D eigenvalue weighted by molar-refractivity contribution is 0.613. The Labute approximate surface area is 116 Å². The molecule has 0 atom stereocenters. The molecule has 0 radical (unpaired) electrons. The lowest BCUT2D eigenvalue weighted by atomic mass is 10.1. The molecule has 100 valence electrons. The molecule has 0 aliphatic rings. The maximum atomic E-state index is 13.6. The van der Waals surface area contributed by atoms with Gasteiger partial charge in [0, 0.05) is 22.9 Å². The normalized spacial score (nSPS) is 10.7. The minimum absolute atomic E-state index is 0.218. The fourth-order valence-electron chi connectivity index (χ4n) is 2.19. The van der Waals surface area contributed by atoms with E-state index in [-0.39, 0.29) is 5.82 Å². The molecule has 20 heavy (non-hydrogen) atoms. The van der Waals surface area contributed by atoms with E-state index in [1.54, 1.807) is 12.1 Å². The van der Waals surface area contributed by atoms with Crippen molar-refractivity contribution >= 4 is 16.6 Å². The zero-order valence-electron chi connectivity index (χ0n) is 11.1. The second-order valence-corrected chi connectivity index (χ2v) is 4.62. The molecule has 1 aromatic heterocycles. The molecular formula is C16H14FN3. The Kier molecular flexibility index (Phi) is 3.29. The van der Waals surface area contributed by atoms with Gasteiger partial charge in [-0.15, -0.1) is 5.10 Å². The highest BCUT2D eigenvalue weighted by Crippen LogP contribution is 2.22. The molecular weight excluding hydrogens is 253 g/mol. The van der Waals surface area contributed by atoms with Gasteiger partial charge in [-0.05, 0) is 13.0 Å². The van der Waals surface area contributed by atoms with Crippen molar-refractivity contribution in [2.24, 2.45) is 0 Å². The van der Waals surface area contributed by atoms with E-state index < -0.39 is 0 Å². The highest BCUT2D eigenvalue weighted by Gasteiger charge is 2.07. The molecule has 3 aromatic rings. The summed E-state index contributed by atoms with van der Waals surface area (Å²) in [6.45, 7) is 2.31. The lowest BCUT2D eigenvalue weighted by Gasteiger charge is -2.09. The summed E-state index contributed by atoms with van der Waals surface area (Å²) < 4.78 is 13.6. The number of aromatic nitrogens is 2. The van der Waals surface area contributed by atoms with Crippen LogP contribution in [-0.4, -0.2) is 10.2 Å². The highest BCUT2D eigenvalue weighted by atomic mass is 19.1. The summed E-state index contributed by atoms with van der Waals surface area (Å²) in [6, 6.07) is 14.6. The van der Waals surface area contributed by atoms with Crippen molar-refractivity contribution in [1.29, 1.82) is 0 Å². The van der Waals surface area contributed by atoms with Gasteiger partial charge < -0.3 is 5.32 Å². The average Bonchev–Trinajstić information content (AvgIpc) is 2.48. The fourth-order valence-corrected chi connectivity index (χ4v) is 2.19. The molecule has 0 saturated heterocycles. The SMILES string of the molecule is Cc1nnc(NCc2ccccc2F)c2ccccc12. The van der Waals surface area contributed by atoms with E-state index in [4.69, 9.17) is 0 Å². The molecule has 3 nitrogen and oxygen atoms in total. The van der Waals surface area contributed by atoms with E-state index in [1.807, 2.05) is 37.3 Å². The van der Waals surface area contributed by atoms with Crippen molar-refractivity contribution in [3.63, 3.8) is 0 Å². The third kappa shape index (κ3) is 2.32. The maximum Gasteiger partial charge on any atom is 0.156 e. The van der Waals surface area contributed by atoms with Gasteiger partial charge in [0.1, 0.15) is 5.82 Å². The molecule has 0 aliphatic heterocycles. The maximum absolute atomic E-state index is 13.6. The van der Waals surface area contributed by atoms with Gasteiger partial charge in [-0.1, -0.05) is 42.5 Å². The molecule has 0 saturated carbocycles. The van der Waals surface area contributed by atoms with Crippen LogP contribution in [0.5, 0.6) is 0 Å². The molecule has 1 N–H and O–H groups in total. The van der Waals surface area contributed by atoms with Gasteiger partial charge in [-0.3, -0.25) is 0 Å². The predicted octanol–water partition coefficient (Wildman–Crippen LogP) is 3.69. The number of fused-ring (bicyclic) bond motifs is 1. The molecule has 0 aliphatic carbocycles. The lowest BCUT2D eigenvalue weighted by Crippen LogP contribution is -2.05. The number of benzene rings is 2. The fraction of sp³-hybridized carbons (Fsp3) is 0.125. The summed E-state index contributed by atoms with van der Waals surface area (Å²) >= 11 is 0. The summed E-state index contributed by atoms with van der Waals surface area (Å²) in [5, 5.41) is 13.5. The summed E-state index contributed by atoms with van der Waals surface area (Å²) in [5.41, 5.74) is 1.50. The number of hydrogen-bond acceptors (Lipinski definition) is 3. The Morgan fingerprint density at radius 3 is 2.45 bits per heavy atom. The van der Waals surface area contributed by atoms with Crippen molar-refractivity contribution in [3.8, 4) is 0 Å². The smallest absolute Gasteiger partial charge is 0.156 e. The Morgan fingerprint density at radius 1 is 0.950 bits per heavy atom. The van der Waals surface area contributed by atoms with Crippen LogP contribution in [0.3, 0.4) is 0 Å². The van der Waals surface area contributed by atoms with Crippen molar-refractivity contribution in [1.82, 2.24) is 10.2 Å². The summed E-state index contributed by atoms with van der Waals surface area (Å²) in [4.78, 5) is 0. The van der Waals surface area contributed by atoms with Crippen LogP contribution in [0.25, 0.3) is 10.8 Å². The number of halogens is 1. The van der Waals surface area contributed by atoms with E-state index in [9.17, 15) is 4.39 Å². The number of hydrogen-bond donors (Lipinski definition) is 1. The summed E-state index contributed by atoms with van der Waals surface area (Å²) in [5.74, 6) is 0.457. The zero-order chi connectivity index (χ0) is 13.9. The van der Waals surface area contributed by atoms with Crippen LogP contribution in [0, 0.1) is 12.7 Å². The molecule has 0 spiro atoms. The minimum atomic E-state index is -0.218. The van der Waals surface area contributed by atoms with Gasteiger partial charge in [0.05, 0.1) is 5.69 Å². The topological polar surface area (TPSA) is 37.8 Å². The molecule has 2 aromatic carbocycles. The first-order chi connectivity index (χ1) is 9.75. The van der Waals surface area contributed by atoms with Crippen molar-refractivity contribution in [3.05, 3.63) is 65.6 Å². The van der Waals surface area contributed by atoms with Gasteiger partial charge >= 0.3 is 0 Å². The molecule has 1 heterocycles. The highest BCUT2D eigenvalue weighted by molar-refractivity contribution is 5.92. The summed E-state index contributed by atoms with van der Waals surface area (Å²) in [7, 11) is 0. The zero-order valence-corrected chi connectivity index (χ0v) is 11.1. The van der Waals surface area contributed by atoms with Crippen LogP contribution in [0.1, 0.15) is 11.3 Å². The van der Waals surface area contributed by atoms with Gasteiger partial charge in [-0.2, -0.15) is 5.10 Å². The third-order valence-electron chi connectivity index (χ3n) is 3.28. The molecule has 0 bridgehead atoms. The Hall–Kier alpha value is -2.49. The van der Waals surface area contributed by atoms with Crippen molar-refractivity contribution in [2.45, 2.75) is 13.5 Å². The minimum Gasteiger partial charge on any atom is -0.364 e. The van der Waals surface area contributed by atoms with Crippen LogP contribution in [0.4, 0.5) is 10.2 Å². The molecule has 0 unspecified atom stereocenters. The van der Waals surface area contributed by atoms with Gasteiger partial charge in [0.2, 0.25) is 0 Å². The quantitative estimate of drug-likeness (QED) is 0.786. The van der Waals surface area contributed by atoms with E-state index in [2.05, 4.69) is 15.5 Å². The number of anilines is 1. The van der Waals surface area contributed by atoms with E-state index >= 15 is 0 Å². The standard InChI is InChI=1S/C16H14FN3/c1-11-13-7-3-4-8-14(13)16(20-19-11)18-10-12-6-2-5-9-15(12)17/h2-9H,10H2,1H3,(H,18,20). The number of nitrogens with zero attached hydrogens (tertiary/aromatic N) is 2.